The first-order chi connectivity index (χ1) is 12.7. The molecule has 0 radical (unpaired) electrons. The van der Waals surface area contributed by atoms with Crippen LogP contribution in [0.15, 0.2) is 12.1 Å². The first-order valence-electron chi connectivity index (χ1n) is 10.6. The number of fused-ring (bicyclic) bond motifs is 3. The molecule has 0 spiro atoms. The third-order valence-corrected chi connectivity index (χ3v) is 6.72. The van der Waals surface area contributed by atoms with Gasteiger partial charge in [-0.05, 0) is 48.3 Å². The van der Waals surface area contributed by atoms with Crippen LogP contribution in [0.3, 0.4) is 0 Å². The SMILES string of the molecule is CCCCCCC(C)(C)c1cc(O)c2c(c1)OC(F)(F)C1CCC(C)CC21. The number of halogens is 2. The Morgan fingerprint density at radius 2 is 1.93 bits per heavy atom. The van der Waals surface area contributed by atoms with Gasteiger partial charge in [-0.3, -0.25) is 0 Å². The highest BCUT2D eigenvalue weighted by molar-refractivity contribution is 5.53. The minimum absolute atomic E-state index is 0.128. The Kier molecular flexibility index (Phi) is 5.74. The van der Waals surface area contributed by atoms with E-state index in [-0.39, 0.29) is 22.8 Å². The minimum Gasteiger partial charge on any atom is -0.508 e. The normalized spacial score (nSPS) is 26.8. The number of phenolic OH excluding ortho intramolecular Hbond substituents is 1. The lowest BCUT2D eigenvalue weighted by Gasteiger charge is -2.44. The van der Waals surface area contributed by atoms with E-state index < -0.39 is 12.0 Å². The van der Waals surface area contributed by atoms with Gasteiger partial charge in [0.25, 0.3) is 0 Å². The van der Waals surface area contributed by atoms with E-state index in [1.54, 1.807) is 12.1 Å². The Morgan fingerprint density at radius 1 is 1.19 bits per heavy atom. The standard InChI is InChI=1S/C23H34F2O2/c1-5-6-7-8-11-22(3,4)16-13-19(26)21-17-12-15(2)9-10-18(17)23(24,25)27-20(21)14-16/h13-15,17-18,26H,5-12H2,1-4H3. The van der Waals surface area contributed by atoms with E-state index in [9.17, 15) is 13.9 Å². The third kappa shape index (κ3) is 4.09. The Hall–Kier alpha value is -1.32. The van der Waals surface area contributed by atoms with Gasteiger partial charge in [0, 0.05) is 11.5 Å². The zero-order chi connectivity index (χ0) is 19.8. The van der Waals surface area contributed by atoms with Crippen LogP contribution in [-0.2, 0) is 5.41 Å². The van der Waals surface area contributed by atoms with Crippen molar-refractivity contribution in [1.29, 1.82) is 0 Å². The molecule has 1 aromatic rings. The highest BCUT2D eigenvalue weighted by atomic mass is 19.3. The fourth-order valence-electron chi connectivity index (χ4n) is 4.92. The van der Waals surface area contributed by atoms with Crippen LogP contribution in [0.1, 0.15) is 96.1 Å². The molecule has 3 rings (SSSR count). The summed E-state index contributed by atoms with van der Waals surface area (Å²) in [5.41, 5.74) is 1.30. The second-order valence-electron chi connectivity index (χ2n) is 9.40. The molecule has 3 atom stereocenters. The lowest BCUT2D eigenvalue weighted by Crippen LogP contribution is -2.44. The fraction of sp³-hybridized carbons (Fsp3) is 0.739. The Balaban J connectivity index is 1.91. The van der Waals surface area contributed by atoms with E-state index in [1.165, 1.54) is 19.3 Å². The van der Waals surface area contributed by atoms with Crippen molar-refractivity contribution in [1.82, 2.24) is 0 Å². The molecule has 1 aliphatic carbocycles. The molecule has 4 heteroatoms. The molecule has 0 saturated heterocycles. The molecule has 0 bridgehead atoms. The second kappa shape index (κ2) is 7.60. The van der Waals surface area contributed by atoms with Gasteiger partial charge >= 0.3 is 6.11 Å². The van der Waals surface area contributed by atoms with Gasteiger partial charge in [0.1, 0.15) is 11.5 Å². The van der Waals surface area contributed by atoms with E-state index in [2.05, 4.69) is 27.7 Å². The molecule has 1 N–H and O–H groups in total. The van der Waals surface area contributed by atoms with Crippen LogP contribution in [0.5, 0.6) is 11.5 Å². The summed E-state index contributed by atoms with van der Waals surface area (Å²) in [5, 5.41) is 10.8. The van der Waals surface area contributed by atoms with Crippen LogP contribution in [0.25, 0.3) is 0 Å². The maximum atomic E-state index is 14.7. The Morgan fingerprint density at radius 3 is 2.63 bits per heavy atom. The van der Waals surface area contributed by atoms with E-state index in [0.29, 0.717) is 24.3 Å². The Labute approximate surface area is 162 Å². The van der Waals surface area contributed by atoms with E-state index in [0.717, 1.165) is 24.8 Å². The highest BCUT2D eigenvalue weighted by Gasteiger charge is 2.54. The van der Waals surface area contributed by atoms with Gasteiger partial charge < -0.3 is 9.84 Å². The molecule has 1 aromatic carbocycles. The van der Waals surface area contributed by atoms with Crippen molar-refractivity contribution in [2.24, 2.45) is 11.8 Å². The lowest BCUT2D eigenvalue weighted by molar-refractivity contribution is -0.237. The molecular formula is C23H34F2O2. The van der Waals surface area contributed by atoms with Crippen LogP contribution in [0, 0.1) is 11.8 Å². The van der Waals surface area contributed by atoms with Crippen molar-refractivity contribution >= 4 is 0 Å². The maximum Gasteiger partial charge on any atom is 0.401 e. The minimum atomic E-state index is -3.16. The molecule has 2 nitrogen and oxygen atoms in total. The number of rotatable bonds is 6. The molecule has 1 aliphatic heterocycles. The average molecular weight is 381 g/mol. The molecule has 0 amide bonds. The van der Waals surface area contributed by atoms with Crippen molar-refractivity contribution in [3.63, 3.8) is 0 Å². The summed E-state index contributed by atoms with van der Waals surface area (Å²) < 4.78 is 34.6. The molecule has 27 heavy (non-hydrogen) atoms. The van der Waals surface area contributed by atoms with Crippen molar-refractivity contribution in [2.45, 2.75) is 96.5 Å². The summed E-state index contributed by atoms with van der Waals surface area (Å²) in [4.78, 5) is 0. The molecule has 3 unspecified atom stereocenters. The molecule has 2 aliphatic rings. The molecule has 1 fully saturated rings. The van der Waals surface area contributed by atoms with Crippen LogP contribution in [0.2, 0.25) is 0 Å². The number of hydrogen-bond acceptors (Lipinski definition) is 2. The van der Waals surface area contributed by atoms with E-state index in [4.69, 9.17) is 4.74 Å². The van der Waals surface area contributed by atoms with Gasteiger partial charge in [-0.25, -0.2) is 0 Å². The number of ether oxygens (including phenoxy) is 1. The van der Waals surface area contributed by atoms with Gasteiger partial charge in [0.05, 0.1) is 5.92 Å². The molecule has 1 heterocycles. The molecule has 0 aromatic heterocycles. The van der Waals surface area contributed by atoms with E-state index in [1.807, 2.05) is 0 Å². The Bertz CT molecular complexity index is 669. The van der Waals surface area contributed by atoms with Gasteiger partial charge in [-0.1, -0.05) is 59.8 Å². The highest BCUT2D eigenvalue weighted by Crippen LogP contribution is 2.57. The van der Waals surface area contributed by atoms with Crippen LogP contribution >= 0.6 is 0 Å². The van der Waals surface area contributed by atoms with E-state index >= 15 is 0 Å². The summed E-state index contributed by atoms with van der Waals surface area (Å²) in [6, 6.07) is 3.56. The number of aromatic hydroxyl groups is 1. The van der Waals surface area contributed by atoms with Crippen molar-refractivity contribution in [3.8, 4) is 11.5 Å². The fourth-order valence-corrected chi connectivity index (χ4v) is 4.92. The molecule has 1 saturated carbocycles. The quantitative estimate of drug-likeness (QED) is 0.531. The zero-order valence-electron chi connectivity index (χ0n) is 17.2. The average Bonchev–Trinajstić information content (AvgIpc) is 2.57. The first-order valence-corrected chi connectivity index (χ1v) is 10.6. The predicted molar refractivity (Wildman–Crippen MR) is 105 cm³/mol. The lowest BCUT2D eigenvalue weighted by atomic mass is 9.68. The smallest absolute Gasteiger partial charge is 0.401 e. The summed E-state index contributed by atoms with van der Waals surface area (Å²) in [6.45, 7) is 8.52. The molecule has 152 valence electrons. The maximum absolute atomic E-state index is 14.7. The van der Waals surface area contributed by atoms with Gasteiger partial charge in [-0.15, -0.1) is 0 Å². The predicted octanol–water partition coefficient (Wildman–Crippen LogP) is 7.15. The monoisotopic (exact) mass is 380 g/mol. The van der Waals surface area contributed by atoms with Crippen molar-refractivity contribution in [3.05, 3.63) is 23.3 Å². The summed E-state index contributed by atoms with van der Waals surface area (Å²) in [6.07, 6.45) is 4.39. The zero-order valence-corrected chi connectivity index (χ0v) is 17.2. The summed E-state index contributed by atoms with van der Waals surface area (Å²) in [7, 11) is 0. The summed E-state index contributed by atoms with van der Waals surface area (Å²) in [5.74, 6) is -0.452. The third-order valence-electron chi connectivity index (χ3n) is 6.72. The molecular weight excluding hydrogens is 346 g/mol. The number of phenols is 1. The number of unbranched alkanes of at least 4 members (excludes halogenated alkanes) is 3. The van der Waals surface area contributed by atoms with Crippen LogP contribution in [-0.4, -0.2) is 11.2 Å². The van der Waals surface area contributed by atoms with Crippen molar-refractivity contribution in [2.75, 3.05) is 0 Å². The number of hydrogen-bond donors (Lipinski definition) is 1. The summed E-state index contributed by atoms with van der Waals surface area (Å²) >= 11 is 0. The van der Waals surface area contributed by atoms with Gasteiger partial charge in [0.2, 0.25) is 0 Å². The topological polar surface area (TPSA) is 29.5 Å². The largest absolute Gasteiger partial charge is 0.508 e. The van der Waals surface area contributed by atoms with Crippen molar-refractivity contribution < 1.29 is 18.6 Å². The van der Waals surface area contributed by atoms with Gasteiger partial charge in [0.15, 0.2) is 0 Å². The first kappa shape index (κ1) is 20.4. The second-order valence-corrected chi connectivity index (χ2v) is 9.40. The van der Waals surface area contributed by atoms with Gasteiger partial charge in [-0.2, -0.15) is 8.78 Å². The number of benzene rings is 1. The van der Waals surface area contributed by atoms with Crippen LogP contribution < -0.4 is 4.74 Å². The number of alkyl halides is 2. The van der Waals surface area contributed by atoms with Crippen LogP contribution in [0.4, 0.5) is 8.78 Å².